The summed E-state index contributed by atoms with van der Waals surface area (Å²) in [4.78, 5) is 16.8. The molecule has 2 aromatic heterocycles. The van der Waals surface area contributed by atoms with Crippen LogP contribution in [0.25, 0.3) is 11.0 Å². The smallest absolute Gasteiger partial charge is 0.251 e. The van der Waals surface area contributed by atoms with Crippen LogP contribution >= 0.6 is 0 Å². The number of aryl methyl sites for hydroxylation is 1. The van der Waals surface area contributed by atoms with E-state index in [0.717, 1.165) is 24.2 Å². The Bertz CT molecular complexity index is 862. The van der Waals surface area contributed by atoms with E-state index in [1.807, 2.05) is 43.5 Å². The summed E-state index contributed by atoms with van der Waals surface area (Å²) in [5.74, 6) is 0.538. The summed E-state index contributed by atoms with van der Waals surface area (Å²) >= 11 is 0. The maximum Gasteiger partial charge on any atom is 0.251 e. The average molecular weight is 335 g/mol. The summed E-state index contributed by atoms with van der Waals surface area (Å²) < 4.78 is 2.22. The Morgan fingerprint density at radius 1 is 1.20 bits per heavy atom. The standard InChI is InChI=1S/C21H25N3O/c1-15(2)13-24-14-18(19-5-4-11-22-20(19)24)10-12-23-21(25)17-8-6-16(3)7-9-17/h4-9,11,14-15H,10,12-13H2,1-3H3,(H,23,25). The molecule has 4 heteroatoms. The van der Waals surface area contributed by atoms with E-state index >= 15 is 0 Å². The molecule has 1 aromatic carbocycles. The molecular weight excluding hydrogens is 310 g/mol. The van der Waals surface area contributed by atoms with Gasteiger partial charge in [0, 0.05) is 36.4 Å². The molecule has 1 N–H and O–H groups in total. The maximum absolute atomic E-state index is 12.2. The normalized spacial score (nSPS) is 11.2. The Morgan fingerprint density at radius 3 is 2.68 bits per heavy atom. The predicted molar refractivity (Wildman–Crippen MR) is 102 cm³/mol. The van der Waals surface area contributed by atoms with Gasteiger partial charge in [0.2, 0.25) is 0 Å². The van der Waals surface area contributed by atoms with Crippen LogP contribution in [0.3, 0.4) is 0 Å². The van der Waals surface area contributed by atoms with Crippen LogP contribution in [-0.2, 0) is 13.0 Å². The Hall–Kier alpha value is -2.62. The number of pyridine rings is 1. The van der Waals surface area contributed by atoms with Crippen molar-refractivity contribution in [2.24, 2.45) is 5.92 Å². The average Bonchev–Trinajstić information content (AvgIpc) is 2.93. The van der Waals surface area contributed by atoms with Gasteiger partial charge < -0.3 is 9.88 Å². The first-order valence-corrected chi connectivity index (χ1v) is 8.82. The van der Waals surface area contributed by atoms with Crippen LogP contribution < -0.4 is 5.32 Å². The summed E-state index contributed by atoms with van der Waals surface area (Å²) in [6.07, 6.45) is 4.81. The molecule has 0 aliphatic heterocycles. The van der Waals surface area contributed by atoms with Gasteiger partial charge in [-0.3, -0.25) is 4.79 Å². The Labute approximate surface area is 148 Å². The van der Waals surface area contributed by atoms with E-state index in [4.69, 9.17) is 0 Å². The van der Waals surface area contributed by atoms with Gasteiger partial charge in [-0.25, -0.2) is 4.98 Å². The van der Waals surface area contributed by atoms with E-state index < -0.39 is 0 Å². The summed E-state index contributed by atoms with van der Waals surface area (Å²) in [7, 11) is 0. The fourth-order valence-electron chi connectivity index (χ4n) is 3.04. The third-order valence-corrected chi connectivity index (χ3v) is 4.27. The predicted octanol–water partition coefficient (Wildman–Crippen LogP) is 3.97. The van der Waals surface area contributed by atoms with E-state index in [0.29, 0.717) is 18.0 Å². The molecule has 0 saturated carbocycles. The molecule has 0 radical (unpaired) electrons. The van der Waals surface area contributed by atoms with Gasteiger partial charge >= 0.3 is 0 Å². The van der Waals surface area contributed by atoms with Gasteiger partial charge in [-0.05, 0) is 49.1 Å². The molecule has 130 valence electrons. The summed E-state index contributed by atoms with van der Waals surface area (Å²) in [6.45, 7) is 7.99. The first kappa shape index (κ1) is 17.2. The molecule has 0 fully saturated rings. The number of aromatic nitrogens is 2. The molecule has 4 nitrogen and oxygen atoms in total. The second kappa shape index (κ2) is 7.51. The van der Waals surface area contributed by atoms with Crippen molar-refractivity contribution in [1.29, 1.82) is 0 Å². The van der Waals surface area contributed by atoms with Gasteiger partial charge in [0.1, 0.15) is 5.65 Å². The molecule has 0 spiro atoms. The van der Waals surface area contributed by atoms with Crippen molar-refractivity contribution in [3.63, 3.8) is 0 Å². The number of rotatable bonds is 6. The number of carbonyl (C=O) groups excluding carboxylic acids is 1. The minimum Gasteiger partial charge on any atom is -0.352 e. The highest BCUT2D eigenvalue weighted by molar-refractivity contribution is 5.94. The monoisotopic (exact) mass is 335 g/mol. The van der Waals surface area contributed by atoms with Crippen molar-refractivity contribution in [3.8, 4) is 0 Å². The lowest BCUT2D eigenvalue weighted by Crippen LogP contribution is -2.25. The quantitative estimate of drug-likeness (QED) is 0.741. The van der Waals surface area contributed by atoms with E-state index in [1.165, 1.54) is 10.9 Å². The van der Waals surface area contributed by atoms with Crippen LogP contribution in [0, 0.1) is 12.8 Å². The largest absolute Gasteiger partial charge is 0.352 e. The van der Waals surface area contributed by atoms with Gasteiger partial charge in [-0.1, -0.05) is 31.5 Å². The molecule has 0 aliphatic carbocycles. The lowest BCUT2D eigenvalue weighted by molar-refractivity contribution is 0.0954. The topological polar surface area (TPSA) is 46.9 Å². The Balaban J connectivity index is 1.69. The highest BCUT2D eigenvalue weighted by atomic mass is 16.1. The van der Waals surface area contributed by atoms with Crippen molar-refractivity contribution in [3.05, 3.63) is 65.5 Å². The first-order valence-electron chi connectivity index (χ1n) is 8.82. The first-order chi connectivity index (χ1) is 12.0. The van der Waals surface area contributed by atoms with Gasteiger partial charge in [-0.15, -0.1) is 0 Å². The van der Waals surface area contributed by atoms with Crippen molar-refractivity contribution < 1.29 is 4.79 Å². The zero-order valence-electron chi connectivity index (χ0n) is 15.1. The summed E-state index contributed by atoms with van der Waals surface area (Å²) in [6, 6.07) is 11.7. The molecule has 1 amide bonds. The maximum atomic E-state index is 12.2. The van der Waals surface area contributed by atoms with E-state index in [-0.39, 0.29) is 5.91 Å². The lowest BCUT2D eigenvalue weighted by Gasteiger charge is -2.07. The number of hydrogen-bond acceptors (Lipinski definition) is 2. The number of benzene rings is 1. The Morgan fingerprint density at radius 2 is 1.96 bits per heavy atom. The number of nitrogens with zero attached hydrogens (tertiary/aromatic N) is 2. The zero-order valence-corrected chi connectivity index (χ0v) is 15.1. The molecule has 3 aromatic rings. The number of nitrogens with one attached hydrogen (secondary N) is 1. The van der Waals surface area contributed by atoms with E-state index in [9.17, 15) is 4.79 Å². The minimum atomic E-state index is -0.0240. The number of fused-ring (bicyclic) bond motifs is 1. The number of carbonyl (C=O) groups is 1. The van der Waals surface area contributed by atoms with Crippen LogP contribution in [0.4, 0.5) is 0 Å². The van der Waals surface area contributed by atoms with Crippen LogP contribution in [0.2, 0.25) is 0 Å². The summed E-state index contributed by atoms with van der Waals surface area (Å²) in [5.41, 5.74) is 4.11. The van der Waals surface area contributed by atoms with Crippen LogP contribution in [-0.4, -0.2) is 22.0 Å². The third kappa shape index (κ3) is 4.08. The van der Waals surface area contributed by atoms with Gasteiger partial charge in [0.05, 0.1) is 0 Å². The van der Waals surface area contributed by atoms with Crippen molar-refractivity contribution in [1.82, 2.24) is 14.9 Å². The molecule has 0 atom stereocenters. The second-order valence-corrected chi connectivity index (χ2v) is 6.95. The van der Waals surface area contributed by atoms with E-state index in [2.05, 4.69) is 41.0 Å². The zero-order chi connectivity index (χ0) is 17.8. The highest BCUT2D eigenvalue weighted by Gasteiger charge is 2.11. The van der Waals surface area contributed by atoms with Gasteiger partial charge in [-0.2, -0.15) is 0 Å². The molecule has 0 unspecified atom stereocenters. The molecule has 0 bridgehead atoms. The molecular formula is C21H25N3O. The lowest BCUT2D eigenvalue weighted by atomic mass is 10.1. The van der Waals surface area contributed by atoms with E-state index in [1.54, 1.807) is 0 Å². The fourth-order valence-corrected chi connectivity index (χ4v) is 3.04. The van der Waals surface area contributed by atoms with Crippen LogP contribution in [0.1, 0.15) is 35.3 Å². The third-order valence-electron chi connectivity index (χ3n) is 4.27. The van der Waals surface area contributed by atoms with Crippen LogP contribution in [0.15, 0.2) is 48.8 Å². The molecule has 3 rings (SSSR count). The molecule has 0 saturated heterocycles. The van der Waals surface area contributed by atoms with Crippen LogP contribution in [0.5, 0.6) is 0 Å². The number of amides is 1. The molecule has 25 heavy (non-hydrogen) atoms. The Kier molecular flexibility index (Phi) is 5.17. The SMILES string of the molecule is Cc1ccc(C(=O)NCCc2cn(CC(C)C)c3ncccc23)cc1. The van der Waals surface area contributed by atoms with Gasteiger partial charge in [0.25, 0.3) is 5.91 Å². The highest BCUT2D eigenvalue weighted by Crippen LogP contribution is 2.20. The number of hydrogen-bond donors (Lipinski definition) is 1. The fraction of sp³-hybridized carbons (Fsp3) is 0.333. The molecule has 0 aliphatic rings. The van der Waals surface area contributed by atoms with Crippen molar-refractivity contribution in [2.45, 2.75) is 33.7 Å². The van der Waals surface area contributed by atoms with Crippen molar-refractivity contribution >= 4 is 16.9 Å². The minimum absolute atomic E-state index is 0.0240. The van der Waals surface area contributed by atoms with Gasteiger partial charge in [0.15, 0.2) is 0 Å². The second-order valence-electron chi connectivity index (χ2n) is 6.95. The van der Waals surface area contributed by atoms with Crippen molar-refractivity contribution in [2.75, 3.05) is 6.54 Å². The summed E-state index contributed by atoms with van der Waals surface area (Å²) in [5, 5.41) is 4.19. The molecule has 2 heterocycles.